The number of nitrogens with two attached hydrogens (primary N) is 1. The molecule has 0 atom stereocenters. The first-order chi connectivity index (χ1) is 4.18. The zero-order valence-electron chi connectivity index (χ0n) is 5.26. The molecule has 0 saturated heterocycles. The van der Waals surface area contributed by atoms with Crippen LogP contribution in [0, 0.1) is 0 Å². The number of hydrogen-bond acceptors (Lipinski definition) is 2. The van der Waals surface area contributed by atoms with Crippen LogP contribution in [-0.2, 0) is 4.79 Å². The largest absolute Gasteiger partial charge is 0.366 e. The van der Waals surface area contributed by atoms with Gasteiger partial charge in [0.15, 0.2) is 0 Å². The Bertz CT molecular complexity index is 151. The molecule has 0 aliphatic carbocycles. The summed E-state index contributed by atoms with van der Waals surface area (Å²) in [5.74, 6) is -0.385. The summed E-state index contributed by atoms with van der Waals surface area (Å²) in [5, 5.41) is 3.29. The predicted octanol–water partition coefficient (Wildman–Crippen LogP) is 1.25. The van der Waals surface area contributed by atoms with Gasteiger partial charge in [-0.05, 0) is 17.7 Å². The summed E-state index contributed by atoms with van der Waals surface area (Å²) < 4.78 is 0. The van der Waals surface area contributed by atoms with E-state index in [1.807, 2.05) is 0 Å². The van der Waals surface area contributed by atoms with Crippen molar-refractivity contribution in [1.29, 1.82) is 0 Å². The maximum Gasteiger partial charge on any atom is 0.244 e. The van der Waals surface area contributed by atoms with Gasteiger partial charge in [0, 0.05) is 5.57 Å². The minimum Gasteiger partial charge on any atom is -0.366 e. The number of primary amides is 1. The molecule has 0 fully saturated rings. The molecular formula is C6H9NOS. The van der Waals surface area contributed by atoms with E-state index in [1.165, 1.54) is 11.8 Å². The second-order valence-corrected chi connectivity index (χ2v) is 2.31. The van der Waals surface area contributed by atoms with Crippen molar-refractivity contribution in [3.8, 4) is 0 Å². The molecule has 0 unspecified atom stereocenters. The molecule has 0 saturated carbocycles. The minimum absolute atomic E-state index is 0.385. The van der Waals surface area contributed by atoms with E-state index in [0.29, 0.717) is 5.57 Å². The van der Waals surface area contributed by atoms with Gasteiger partial charge in [-0.1, -0.05) is 6.58 Å². The van der Waals surface area contributed by atoms with Gasteiger partial charge in [-0.2, -0.15) is 0 Å². The van der Waals surface area contributed by atoms with Gasteiger partial charge in [-0.25, -0.2) is 0 Å². The lowest BCUT2D eigenvalue weighted by molar-refractivity contribution is -0.114. The third-order valence-corrected chi connectivity index (χ3v) is 1.41. The Morgan fingerprint density at radius 1 is 1.78 bits per heavy atom. The van der Waals surface area contributed by atoms with E-state index in [1.54, 1.807) is 17.7 Å². The van der Waals surface area contributed by atoms with E-state index in [9.17, 15) is 4.79 Å². The molecule has 0 rings (SSSR count). The van der Waals surface area contributed by atoms with Crippen LogP contribution >= 0.6 is 11.8 Å². The van der Waals surface area contributed by atoms with Gasteiger partial charge in [-0.15, -0.1) is 11.8 Å². The maximum absolute atomic E-state index is 10.3. The van der Waals surface area contributed by atoms with Crippen LogP contribution in [0.2, 0.25) is 0 Å². The fourth-order valence-electron chi connectivity index (χ4n) is 0.208. The van der Waals surface area contributed by atoms with E-state index in [4.69, 9.17) is 5.73 Å². The summed E-state index contributed by atoms with van der Waals surface area (Å²) in [6.07, 6.45) is 0. The number of carbonyl (C=O) groups is 1. The van der Waals surface area contributed by atoms with Crippen LogP contribution in [-0.4, -0.2) is 5.91 Å². The Morgan fingerprint density at radius 2 is 2.33 bits per heavy atom. The SMILES string of the molecule is C=CS/C=C(\C)C(N)=O. The molecule has 0 aromatic rings. The van der Waals surface area contributed by atoms with Gasteiger partial charge in [0.25, 0.3) is 0 Å². The van der Waals surface area contributed by atoms with E-state index < -0.39 is 0 Å². The van der Waals surface area contributed by atoms with E-state index >= 15 is 0 Å². The Hall–Kier alpha value is -0.700. The van der Waals surface area contributed by atoms with Crippen LogP contribution in [0.1, 0.15) is 6.92 Å². The highest BCUT2D eigenvalue weighted by atomic mass is 32.2. The van der Waals surface area contributed by atoms with Gasteiger partial charge < -0.3 is 5.73 Å². The molecule has 0 bridgehead atoms. The third-order valence-electron chi connectivity index (χ3n) is 0.730. The number of amides is 1. The van der Waals surface area contributed by atoms with E-state index in [-0.39, 0.29) is 5.91 Å². The molecule has 9 heavy (non-hydrogen) atoms. The van der Waals surface area contributed by atoms with Crippen LogP contribution in [0.5, 0.6) is 0 Å². The molecule has 0 aromatic carbocycles. The second kappa shape index (κ2) is 4.21. The molecule has 0 aromatic heterocycles. The second-order valence-electron chi connectivity index (χ2n) is 1.47. The van der Waals surface area contributed by atoms with Gasteiger partial charge in [0.2, 0.25) is 5.91 Å². The average Bonchev–Trinajstić information content (AvgIpc) is 1.82. The molecule has 0 heterocycles. The minimum atomic E-state index is -0.385. The van der Waals surface area contributed by atoms with Crippen LogP contribution in [0.4, 0.5) is 0 Å². The Kier molecular flexibility index (Phi) is 3.88. The maximum atomic E-state index is 10.3. The quantitative estimate of drug-likeness (QED) is 0.604. The van der Waals surface area contributed by atoms with Gasteiger partial charge in [-0.3, -0.25) is 4.79 Å². The predicted molar refractivity (Wildman–Crippen MR) is 40.7 cm³/mol. The highest BCUT2D eigenvalue weighted by molar-refractivity contribution is 8.04. The van der Waals surface area contributed by atoms with Crippen LogP contribution in [0.3, 0.4) is 0 Å². The van der Waals surface area contributed by atoms with Gasteiger partial charge in [0.1, 0.15) is 0 Å². The van der Waals surface area contributed by atoms with Crippen LogP contribution in [0.25, 0.3) is 0 Å². The fourth-order valence-corrected chi connectivity index (χ4v) is 0.625. The highest BCUT2D eigenvalue weighted by Gasteiger charge is 1.93. The number of carbonyl (C=O) groups excluding carboxylic acids is 1. The van der Waals surface area contributed by atoms with Crippen molar-refractivity contribution in [1.82, 2.24) is 0 Å². The van der Waals surface area contributed by atoms with Crippen molar-refractivity contribution in [3.63, 3.8) is 0 Å². The summed E-state index contributed by atoms with van der Waals surface area (Å²) in [6.45, 7) is 5.12. The molecular weight excluding hydrogens is 134 g/mol. The van der Waals surface area contributed by atoms with Crippen molar-refractivity contribution in [3.05, 3.63) is 23.0 Å². The van der Waals surface area contributed by atoms with Gasteiger partial charge in [0.05, 0.1) is 0 Å². The van der Waals surface area contributed by atoms with Crippen molar-refractivity contribution >= 4 is 17.7 Å². The third kappa shape index (κ3) is 3.85. The molecule has 0 aliphatic rings. The van der Waals surface area contributed by atoms with Crippen LogP contribution < -0.4 is 5.73 Å². The smallest absolute Gasteiger partial charge is 0.244 e. The summed E-state index contributed by atoms with van der Waals surface area (Å²) in [7, 11) is 0. The summed E-state index contributed by atoms with van der Waals surface area (Å²) in [4.78, 5) is 10.3. The number of thioether (sulfide) groups is 1. The summed E-state index contributed by atoms with van der Waals surface area (Å²) in [6, 6.07) is 0. The molecule has 0 aliphatic heterocycles. The molecule has 1 amide bonds. The van der Waals surface area contributed by atoms with E-state index in [2.05, 4.69) is 6.58 Å². The normalized spacial score (nSPS) is 11.0. The first-order valence-corrected chi connectivity index (χ1v) is 3.35. The molecule has 50 valence electrons. The monoisotopic (exact) mass is 143 g/mol. The lowest BCUT2D eigenvalue weighted by atomic mass is 10.3. The number of hydrogen-bond donors (Lipinski definition) is 1. The van der Waals surface area contributed by atoms with Crippen LogP contribution in [0.15, 0.2) is 23.0 Å². The summed E-state index contributed by atoms with van der Waals surface area (Å²) in [5.41, 5.74) is 5.48. The molecule has 3 heteroatoms. The zero-order chi connectivity index (χ0) is 7.28. The first-order valence-electron chi connectivity index (χ1n) is 2.41. The molecule has 0 radical (unpaired) electrons. The van der Waals surface area contributed by atoms with Crippen molar-refractivity contribution in [2.75, 3.05) is 0 Å². The van der Waals surface area contributed by atoms with Gasteiger partial charge >= 0.3 is 0 Å². The van der Waals surface area contributed by atoms with Crippen molar-refractivity contribution in [2.45, 2.75) is 6.92 Å². The Morgan fingerprint density at radius 3 is 2.67 bits per heavy atom. The standard InChI is InChI=1S/C6H9NOS/c1-3-9-4-5(2)6(7)8/h3-4H,1H2,2H3,(H2,7,8)/b5-4+. The zero-order valence-corrected chi connectivity index (χ0v) is 6.07. The first kappa shape index (κ1) is 8.30. The van der Waals surface area contributed by atoms with E-state index in [0.717, 1.165) is 0 Å². The topological polar surface area (TPSA) is 43.1 Å². The lowest BCUT2D eigenvalue weighted by Gasteiger charge is -1.88. The highest BCUT2D eigenvalue weighted by Crippen LogP contribution is 2.05. The average molecular weight is 143 g/mol. The van der Waals surface area contributed by atoms with Crippen molar-refractivity contribution < 1.29 is 4.79 Å². The van der Waals surface area contributed by atoms with Crippen molar-refractivity contribution in [2.24, 2.45) is 5.73 Å². The number of rotatable bonds is 3. The Labute approximate surface area is 58.8 Å². The molecule has 0 spiro atoms. The fraction of sp³-hybridized carbons (Fsp3) is 0.167. The molecule has 2 N–H and O–H groups in total. The lowest BCUT2D eigenvalue weighted by Crippen LogP contribution is -2.10. The Balaban J connectivity index is 3.83. The molecule has 2 nitrogen and oxygen atoms in total. The summed E-state index contributed by atoms with van der Waals surface area (Å²) >= 11 is 1.35.